The van der Waals surface area contributed by atoms with Gasteiger partial charge in [0.1, 0.15) is 5.69 Å². The third-order valence-electron chi connectivity index (χ3n) is 4.74. The molecule has 1 atom stereocenters. The molecule has 4 rings (SSSR count). The number of carbonyl (C=O) groups excluding carboxylic acids is 1. The molecule has 2 aromatic heterocycles. The van der Waals surface area contributed by atoms with Crippen LogP contribution in [0, 0.1) is 5.92 Å². The van der Waals surface area contributed by atoms with Crippen molar-refractivity contribution >= 4 is 17.2 Å². The van der Waals surface area contributed by atoms with Crippen LogP contribution in [0.15, 0.2) is 17.1 Å². The summed E-state index contributed by atoms with van der Waals surface area (Å²) in [7, 11) is 0. The molecule has 3 heterocycles. The predicted octanol–water partition coefficient (Wildman–Crippen LogP) is 2.53. The summed E-state index contributed by atoms with van der Waals surface area (Å²) in [6, 6.07) is 0. The Balaban J connectivity index is 1.59. The molecule has 0 saturated heterocycles. The molecule has 0 N–H and O–H groups in total. The van der Waals surface area contributed by atoms with E-state index in [0.29, 0.717) is 32.0 Å². The molecule has 1 aliphatic heterocycles. The van der Waals surface area contributed by atoms with Gasteiger partial charge in [0.25, 0.3) is 5.91 Å². The average molecular weight is 346 g/mol. The Morgan fingerprint density at radius 2 is 2.33 bits per heavy atom. The van der Waals surface area contributed by atoms with Crippen molar-refractivity contribution < 1.29 is 9.53 Å². The number of carbonyl (C=O) groups is 1. The van der Waals surface area contributed by atoms with Crippen LogP contribution >= 0.6 is 11.3 Å². The number of hydrogen-bond acceptors (Lipinski definition) is 5. The summed E-state index contributed by atoms with van der Waals surface area (Å²) in [5, 5.41) is 6.41. The Hall–Kier alpha value is -1.73. The van der Waals surface area contributed by atoms with Gasteiger partial charge >= 0.3 is 0 Å². The number of rotatable bonds is 6. The quantitative estimate of drug-likeness (QED) is 0.806. The largest absolute Gasteiger partial charge is 0.381 e. The second-order valence-corrected chi connectivity index (χ2v) is 7.31. The molecule has 0 radical (unpaired) electrons. The summed E-state index contributed by atoms with van der Waals surface area (Å²) in [6.07, 6.45) is 4.54. The molecule has 1 saturated carbocycles. The van der Waals surface area contributed by atoms with Gasteiger partial charge in [-0.3, -0.25) is 9.48 Å². The smallest absolute Gasteiger partial charge is 0.273 e. The van der Waals surface area contributed by atoms with Crippen molar-refractivity contribution in [3.05, 3.63) is 34.0 Å². The molecule has 2 aliphatic rings. The normalized spacial score (nSPS) is 20.2. The first kappa shape index (κ1) is 15.8. The molecule has 2 aromatic rings. The van der Waals surface area contributed by atoms with E-state index in [0.717, 1.165) is 18.0 Å². The second-order valence-electron chi connectivity index (χ2n) is 6.60. The molecular formula is C17H22N4O2S. The molecule has 24 heavy (non-hydrogen) atoms. The van der Waals surface area contributed by atoms with Crippen molar-refractivity contribution in [3.8, 4) is 0 Å². The van der Waals surface area contributed by atoms with Crippen molar-refractivity contribution in [3.63, 3.8) is 0 Å². The zero-order valence-electron chi connectivity index (χ0n) is 13.9. The maximum absolute atomic E-state index is 12.7. The maximum Gasteiger partial charge on any atom is 0.273 e. The van der Waals surface area contributed by atoms with E-state index in [1.165, 1.54) is 29.9 Å². The minimum Gasteiger partial charge on any atom is -0.381 e. The lowest BCUT2D eigenvalue weighted by molar-refractivity contribution is 0.0642. The number of aromatic nitrogens is 3. The van der Waals surface area contributed by atoms with Crippen LogP contribution in [0.1, 0.15) is 47.4 Å². The average Bonchev–Trinajstić information content (AvgIpc) is 3.09. The molecule has 0 spiro atoms. The van der Waals surface area contributed by atoms with Crippen LogP contribution in [0.2, 0.25) is 0 Å². The van der Waals surface area contributed by atoms with Gasteiger partial charge in [0.05, 0.1) is 24.0 Å². The first-order chi connectivity index (χ1) is 11.8. The number of fused-ring (bicyclic) bond motifs is 1. The van der Waals surface area contributed by atoms with Gasteiger partial charge in [-0.1, -0.05) is 0 Å². The topological polar surface area (TPSA) is 60.2 Å². The number of thiazole rings is 1. The second kappa shape index (κ2) is 6.64. The van der Waals surface area contributed by atoms with Crippen LogP contribution in [-0.2, 0) is 17.8 Å². The van der Waals surface area contributed by atoms with Crippen molar-refractivity contribution in [1.82, 2.24) is 19.7 Å². The Morgan fingerprint density at radius 3 is 3.04 bits per heavy atom. The number of ether oxygens (including phenoxy) is 1. The van der Waals surface area contributed by atoms with Gasteiger partial charge in [-0.25, -0.2) is 4.98 Å². The summed E-state index contributed by atoms with van der Waals surface area (Å²) >= 11 is 1.45. The maximum atomic E-state index is 12.7. The summed E-state index contributed by atoms with van der Waals surface area (Å²) in [6.45, 7) is 5.59. The zero-order chi connectivity index (χ0) is 16.5. The summed E-state index contributed by atoms with van der Waals surface area (Å²) < 4.78 is 7.86. The molecule has 1 aliphatic carbocycles. The van der Waals surface area contributed by atoms with Crippen LogP contribution < -0.4 is 0 Å². The highest BCUT2D eigenvalue weighted by molar-refractivity contribution is 7.07. The minimum absolute atomic E-state index is 0.00154. The predicted molar refractivity (Wildman–Crippen MR) is 91.0 cm³/mol. The molecule has 6 nitrogen and oxygen atoms in total. The molecule has 0 aromatic carbocycles. The molecule has 128 valence electrons. The van der Waals surface area contributed by atoms with Crippen molar-refractivity contribution in [2.75, 3.05) is 19.8 Å². The first-order valence-corrected chi connectivity index (χ1v) is 9.50. The lowest BCUT2D eigenvalue weighted by atomic mass is 9.96. The highest BCUT2D eigenvalue weighted by Crippen LogP contribution is 2.34. The number of hydrogen-bond donors (Lipinski definition) is 0. The zero-order valence-corrected chi connectivity index (χ0v) is 14.7. The van der Waals surface area contributed by atoms with Crippen LogP contribution in [0.3, 0.4) is 0 Å². The van der Waals surface area contributed by atoms with Gasteiger partial charge in [0.15, 0.2) is 0 Å². The van der Waals surface area contributed by atoms with E-state index < -0.39 is 0 Å². The van der Waals surface area contributed by atoms with Crippen molar-refractivity contribution in [2.45, 2.75) is 38.8 Å². The van der Waals surface area contributed by atoms with Crippen molar-refractivity contribution in [1.29, 1.82) is 0 Å². The standard InChI is InChI=1S/C17H22N4O2S/c1-2-23-9-14-8-20(17(22)15-10-24-11-18-15)7-13-5-19-21(16(13)14)6-12-3-4-12/h5,10-12,14H,2-4,6-9H2,1H3/t14-/m1/s1. The number of amides is 1. The summed E-state index contributed by atoms with van der Waals surface area (Å²) in [5.74, 6) is 0.951. The fraction of sp³-hybridized carbons (Fsp3) is 0.588. The Labute approximate surface area is 145 Å². The third kappa shape index (κ3) is 3.10. The summed E-state index contributed by atoms with van der Waals surface area (Å²) in [5.41, 5.74) is 4.64. The van der Waals surface area contributed by atoms with Gasteiger partial charge in [-0.05, 0) is 25.7 Å². The van der Waals surface area contributed by atoms with Crippen LogP contribution in [0.25, 0.3) is 0 Å². The molecule has 0 unspecified atom stereocenters. The fourth-order valence-corrected chi connectivity index (χ4v) is 3.89. The van der Waals surface area contributed by atoms with E-state index in [1.807, 2.05) is 23.4 Å². The lowest BCUT2D eigenvalue weighted by Crippen LogP contribution is -2.40. The van der Waals surface area contributed by atoms with E-state index in [9.17, 15) is 4.79 Å². The third-order valence-corrected chi connectivity index (χ3v) is 5.33. The Morgan fingerprint density at radius 1 is 1.46 bits per heavy atom. The highest BCUT2D eigenvalue weighted by atomic mass is 32.1. The van der Waals surface area contributed by atoms with Crippen LogP contribution in [0.5, 0.6) is 0 Å². The van der Waals surface area contributed by atoms with Gasteiger partial charge in [0.2, 0.25) is 0 Å². The minimum atomic E-state index is -0.00154. The van der Waals surface area contributed by atoms with Gasteiger partial charge in [0, 0.05) is 43.1 Å². The Bertz CT molecular complexity index is 708. The fourth-order valence-electron chi connectivity index (χ4n) is 3.37. The van der Waals surface area contributed by atoms with E-state index in [1.54, 1.807) is 5.51 Å². The molecule has 1 amide bonds. The summed E-state index contributed by atoms with van der Waals surface area (Å²) in [4.78, 5) is 18.7. The van der Waals surface area contributed by atoms with E-state index in [4.69, 9.17) is 4.74 Å². The van der Waals surface area contributed by atoms with Gasteiger partial charge in [-0.2, -0.15) is 5.10 Å². The lowest BCUT2D eigenvalue weighted by Gasteiger charge is -2.33. The molecule has 1 fully saturated rings. The molecule has 7 heteroatoms. The Kier molecular flexibility index (Phi) is 4.37. The van der Waals surface area contributed by atoms with Crippen LogP contribution in [-0.4, -0.2) is 45.3 Å². The highest BCUT2D eigenvalue weighted by Gasteiger charge is 2.34. The van der Waals surface area contributed by atoms with E-state index >= 15 is 0 Å². The monoisotopic (exact) mass is 346 g/mol. The first-order valence-electron chi connectivity index (χ1n) is 8.56. The molecule has 0 bridgehead atoms. The van der Waals surface area contributed by atoms with E-state index in [-0.39, 0.29) is 11.8 Å². The molecular weight excluding hydrogens is 324 g/mol. The SMILES string of the molecule is CCOC[C@H]1CN(C(=O)c2cscn2)Cc2cnn(CC3CC3)c21. The van der Waals surface area contributed by atoms with Gasteiger partial charge in [-0.15, -0.1) is 11.3 Å². The van der Waals surface area contributed by atoms with Crippen LogP contribution in [0.4, 0.5) is 0 Å². The number of nitrogens with zero attached hydrogens (tertiary/aromatic N) is 4. The van der Waals surface area contributed by atoms with E-state index in [2.05, 4.69) is 14.8 Å². The van der Waals surface area contributed by atoms with Crippen molar-refractivity contribution in [2.24, 2.45) is 5.92 Å². The van der Waals surface area contributed by atoms with Gasteiger partial charge < -0.3 is 9.64 Å².